The molecular weight excluding hydrogens is 308 g/mol. The van der Waals surface area contributed by atoms with Crippen molar-refractivity contribution in [1.82, 2.24) is 9.91 Å². The molecule has 0 amide bonds. The summed E-state index contributed by atoms with van der Waals surface area (Å²) in [5.41, 5.74) is 3.70. The van der Waals surface area contributed by atoms with Gasteiger partial charge < -0.3 is 9.91 Å². The Morgan fingerprint density at radius 3 is 2.44 bits per heavy atom. The fourth-order valence-electron chi connectivity index (χ4n) is 2.96. The van der Waals surface area contributed by atoms with E-state index in [9.17, 15) is 0 Å². The summed E-state index contributed by atoms with van der Waals surface area (Å²) in [6.07, 6.45) is 6.85. The number of nitrogens with one attached hydrogen (secondary N) is 1. The second-order valence-corrected chi connectivity index (χ2v) is 6.95. The molecule has 1 aromatic carbocycles. The minimum absolute atomic E-state index is 0.468. The van der Waals surface area contributed by atoms with Gasteiger partial charge in [-0.3, -0.25) is 5.41 Å². The van der Waals surface area contributed by atoms with Gasteiger partial charge in [0.15, 0.2) is 0 Å². The molecule has 1 aromatic rings. The lowest BCUT2D eigenvalue weighted by molar-refractivity contribution is 0.356. The number of benzene rings is 1. The molecule has 4 heteroatoms. The van der Waals surface area contributed by atoms with Gasteiger partial charge in [0.05, 0.1) is 6.34 Å². The molecule has 0 saturated heterocycles. The van der Waals surface area contributed by atoms with Crippen LogP contribution < -0.4 is 5.84 Å². The number of hydrogen-bond donors (Lipinski definition) is 2. The van der Waals surface area contributed by atoms with Crippen LogP contribution in [0.3, 0.4) is 0 Å². The van der Waals surface area contributed by atoms with Gasteiger partial charge in [-0.25, -0.2) is 5.84 Å². The van der Waals surface area contributed by atoms with Crippen LogP contribution in [0.5, 0.6) is 0 Å². The van der Waals surface area contributed by atoms with E-state index in [1.54, 1.807) is 0 Å². The number of rotatable bonds is 13. The normalized spacial score (nSPS) is 11.8. The molecule has 0 aromatic heterocycles. The van der Waals surface area contributed by atoms with Gasteiger partial charge in [-0.05, 0) is 42.7 Å². The van der Waals surface area contributed by atoms with Crippen LogP contribution in [0.15, 0.2) is 30.8 Å². The monoisotopic (exact) mass is 344 g/mol. The molecule has 0 bridgehead atoms. The summed E-state index contributed by atoms with van der Waals surface area (Å²) < 4.78 is 0. The van der Waals surface area contributed by atoms with Crippen molar-refractivity contribution in [1.29, 1.82) is 5.41 Å². The minimum Gasteiger partial charge on any atom is -0.372 e. The molecule has 0 aliphatic rings. The van der Waals surface area contributed by atoms with E-state index in [2.05, 4.69) is 56.5 Å². The van der Waals surface area contributed by atoms with E-state index in [1.165, 1.54) is 35.3 Å². The summed E-state index contributed by atoms with van der Waals surface area (Å²) in [4.78, 5) is 2.41. The fraction of sp³-hybridized carbons (Fsp3) is 0.571. The third-order valence-electron chi connectivity index (χ3n) is 4.56. The zero-order valence-corrected chi connectivity index (χ0v) is 16.3. The molecule has 1 unspecified atom stereocenters. The van der Waals surface area contributed by atoms with Gasteiger partial charge >= 0.3 is 0 Å². The molecule has 0 fully saturated rings. The Morgan fingerprint density at radius 2 is 1.88 bits per heavy atom. The van der Waals surface area contributed by atoms with Gasteiger partial charge in [-0.15, -0.1) is 0 Å². The molecule has 25 heavy (non-hydrogen) atoms. The summed E-state index contributed by atoms with van der Waals surface area (Å²) in [5.74, 6) is 6.13. The number of hydrogen-bond acceptors (Lipinski definition) is 3. The molecule has 0 spiro atoms. The smallest absolute Gasteiger partial charge is 0.0958 e. The Bertz CT molecular complexity index is 509. The van der Waals surface area contributed by atoms with Crippen LogP contribution in [-0.2, 0) is 6.42 Å². The van der Waals surface area contributed by atoms with Crippen molar-refractivity contribution in [3.63, 3.8) is 0 Å². The molecule has 0 radical (unpaired) electrons. The molecule has 1 atom stereocenters. The average molecular weight is 345 g/mol. The highest BCUT2D eigenvalue weighted by Gasteiger charge is 2.09. The quantitative estimate of drug-likeness (QED) is 0.239. The maximum Gasteiger partial charge on any atom is 0.0958 e. The molecule has 0 aliphatic heterocycles. The molecule has 140 valence electrons. The Balaban J connectivity index is 2.59. The molecule has 3 N–H and O–H groups in total. The molecule has 1 rings (SSSR count). The van der Waals surface area contributed by atoms with E-state index in [1.807, 2.05) is 0 Å². The van der Waals surface area contributed by atoms with E-state index in [-0.39, 0.29) is 0 Å². The summed E-state index contributed by atoms with van der Waals surface area (Å²) in [6, 6.07) is 8.83. The Morgan fingerprint density at radius 1 is 1.20 bits per heavy atom. The molecule has 0 aliphatic carbocycles. The van der Waals surface area contributed by atoms with Gasteiger partial charge in [-0.1, -0.05) is 58.0 Å². The van der Waals surface area contributed by atoms with Crippen molar-refractivity contribution in [2.45, 2.75) is 52.9 Å². The van der Waals surface area contributed by atoms with Gasteiger partial charge in [0.2, 0.25) is 0 Å². The van der Waals surface area contributed by atoms with E-state index in [0.717, 1.165) is 44.6 Å². The zero-order valence-electron chi connectivity index (χ0n) is 16.3. The lowest BCUT2D eigenvalue weighted by Gasteiger charge is -2.26. The SMILES string of the molecule is C=C(c1ccc(CCC(C)CN(N)C=N)cc1)N(CCC)CCCC. The lowest BCUT2D eigenvalue weighted by Crippen LogP contribution is -2.33. The van der Waals surface area contributed by atoms with Crippen LogP contribution in [0.1, 0.15) is 57.6 Å². The minimum atomic E-state index is 0.468. The molecule has 0 saturated carbocycles. The van der Waals surface area contributed by atoms with Crippen LogP contribution in [0.25, 0.3) is 5.70 Å². The number of aryl methyl sites for hydroxylation is 1. The maximum absolute atomic E-state index is 7.13. The van der Waals surface area contributed by atoms with Gasteiger partial charge in [0, 0.05) is 25.3 Å². The van der Waals surface area contributed by atoms with Crippen molar-refractivity contribution in [3.8, 4) is 0 Å². The highest BCUT2D eigenvalue weighted by molar-refractivity contribution is 5.62. The summed E-state index contributed by atoms with van der Waals surface area (Å²) >= 11 is 0. The standard InChI is InChI=1S/C21H36N4/c1-5-7-15-24(14-6-2)19(4)21-12-10-20(11-13-21)9-8-18(3)16-25(23)17-22/h10-13,17-18,22H,4-9,14-16,23H2,1-3H3. The topological polar surface area (TPSA) is 56.4 Å². The first-order chi connectivity index (χ1) is 12.0. The highest BCUT2D eigenvalue weighted by Crippen LogP contribution is 2.20. The van der Waals surface area contributed by atoms with Gasteiger partial charge in [-0.2, -0.15) is 0 Å². The molecule has 0 heterocycles. The van der Waals surface area contributed by atoms with E-state index in [4.69, 9.17) is 11.3 Å². The fourth-order valence-corrected chi connectivity index (χ4v) is 2.96. The summed E-state index contributed by atoms with van der Waals surface area (Å²) in [5, 5.41) is 8.57. The predicted molar refractivity (Wildman–Crippen MR) is 109 cm³/mol. The van der Waals surface area contributed by atoms with Crippen molar-refractivity contribution in [3.05, 3.63) is 42.0 Å². The Kier molecular flexibility index (Phi) is 9.93. The third-order valence-corrected chi connectivity index (χ3v) is 4.56. The lowest BCUT2D eigenvalue weighted by atomic mass is 9.99. The highest BCUT2D eigenvalue weighted by atomic mass is 15.4. The Labute approximate surface area is 154 Å². The van der Waals surface area contributed by atoms with E-state index < -0.39 is 0 Å². The van der Waals surface area contributed by atoms with Crippen LogP contribution in [0.4, 0.5) is 0 Å². The van der Waals surface area contributed by atoms with E-state index >= 15 is 0 Å². The first kappa shape index (κ1) is 21.2. The van der Waals surface area contributed by atoms with Crippen molar-refractivity contribution < 1.29 is 0 Å². The summed E-state index contributed by atoms with van der Waals surface area (Å²) in [6.45, 7) is 13.8. The largest absolute Gasteiger partial charge is 0.372 e. The van der Waals surface area contributed by atoms with Gasteiger partial charge in [0.25, 0.3) is 0 Å². The third kappa shape index (κ3) is 7.74. The number of hydrazine groups is 1. The predicted octanol–water partition coefficient (Wildman–Crippen LogP) is 4.52. The summed E-state index contributed by atoms with van der Waals surface area (Å²) in [7, 11) is 0. The first-order valence-corrected chi connectivity index (χ1v) is 9.56. The number of unbranched alkanes of at least 4 members (excludes halogenated alkanes) is 1. The van der Waals surface area contributed by atoms with E-state index in [0.29, 0.717) is 5.92 Å². The van der Waals surface area contributed by atoms with Crippen molar-refractivity contribution >= 4 is 12.0 Å². The maximum atomic E-state index is 7.13. The second-order valence-electron chi connectivity index (χ2n) is 6.95. The second kappa shape index (κ2) is 11.7. The average Bonchev–Trinajstić information content (AvgIpc) is 2.63. The van der Waals surface area contributed by atoms with Crippen LogP contribution >= 0.6 is 0 Å². The van der Waals surface area contributed by atoms with Crippen LogP contribution in [0, 0.1) is 11.3 Å². The molecule has 4 nitrogen and oxygen atoms in total. The Hall–Kier alpha value is -1.81. The number of nitrogens with zero attached hydrogens (tertiary/aromatic N) is 2. The molecular formula is C21H36N4. The van der Waals surface area contributed by atoms with Crippen LogP contribution in [0.2, 0.25) is 0 Å². The van der Waals surface area contributed by atoms with Crippen molar-refractivity contribution in [2.75, 3.05) is 19.6 Å². The van der Waals surface area contributed by atoms with Gasteiger partial charge in [0.1, 0.15) is 0 Å². The van der Waals surface area contributed by atoms with Crippen LogP contribution in [-0.4, -0.2) is 35.9 Å². The van der Waals surface area contributed by atoms with Crippen molar-refractivity contribution in [2.24, 2.45) is 11.8 Å². The first-order valence-electron chi connectivity index (χ1n) is 9.56. The number of nitrogens with two attached hydrogens (primary N) is 1. The zero-order chi connectivity index (χ0) is 18.7.